The smallest absolute Gasteiger partial charge is 0.269 e. The van der Waals surface area contributed by atoms with Crippen LogP contribution < -0.4 is 0 Å². The summed E-state index contributed by atoms with van der Waals surface area (Å²) in [7, 11) is 0. The largest absolute Gasteiger partial charge is 2.00 e. The quantitative estimate of drug-likeness (QED) is 0.504. The van der Waals surface area contributed by atoms with E-state index in [-0.39, 0.29) is 19.5 Å². The second kappa shape index (κ2) is 10.7. The molecule has 0 aromatic carbocycles. The van der Waals surface area contributed by atoms with Gasteiger partial charge >= 0.3 is 19.5 Å². The summed E-state index contributed by atoms with van der Waals surface area (Å²) in [6.45, 7) is 4.39. The van der Waals surface area contributed by atoms with Gasteiger partial charge in [-0.15, -0.1) is 12.8 Å². The van der Waals surface area contributed by atoms with Crippen LogP contribution in [0.3, 0.4) is 0 Å². The number of allylic oxidation sites excluding steroid dienone is 8. The second-order valence-corrected chi connectivity index (χ2v) is 4.12. The van der Waals surface area contributed by atoms with Gasteiger partial charge in [-0.25, -0.2) is 23.3 Å². The normalized spacial score (nSPS) is 15.9. The minimum atomic E-state index is 0. The Hall–Kier alpha value is -0.417. The van der Waals surface area contributed by atoms with Crippen LogP contribution in [-0.4, -0.2) is 0 Å². The topological polar surface area (TPSA) is 0 Å². The van der Waals surface area contributed by atoms with E-state index in [0.717, 1.165) is 12.8 Å². The van der Waals surface area contributed by atoms with Crippen LogP contribution in [0.4, 0.5) is 0 Å². The van der Waals surface area contributed by atoms with E-state index in [9.17, 15) is 0 Å². The van der Waals surface area contributed by atoms with Crippen molar-refractivity contribution < 1.29 is 19.5 Å². The molecule has 88 valence electrons. The van der Waals surface area contributed by atoms with Gasteiger partial charge in [0.15, 0.2) is 0 Å². The fraction of sp³-hybridized carbons (Fsp3) is 0.500. The fourth-order valence-corrected chi connectivity index (χ4v) is 1.78. The molecule has 2 aliphatic rings. The molecule has 0 bridgehead atoms. The van der Waals surface area contributed by atoms with Crippen molar-refractivity contribution in [3.05, 3.63) is 47.6 Å². The van der Waals surface area contributed by atoms with Crippen LogP contribution in [0.15, 0.2) is 35.5 Å². The third-order valence-corrected chi connectivity index (χ3v) is 2.57. The molecule has 0 saturated heterocycles. The summed E-state index contributed by atoms with van der Waals surface area (Å²) in [5.41, 5.74) is 2.79. The van der Waals surface area contributed by atoms with Crippen molar-refractivity contribution in [3.8, 4) is 0 Å². The van der Waals surface area contributed by atoms with Crippen molar-refractivity contribution in [2.24, 2.45) is 0 Å². The SMILES string of the molecule is CCCC1=[C-]CC=C1.CCCC1=[C-]CC=C1.[Zn+2]. The molecule has 0 aliphatic heterocycles. The van der Waals surface area contributed by atoms with Crippen LogP contribution >= 0.6 is 0 Å². The van der Waals surface area contributed by atoms with Crippen LogP contribution in [0.2, 0.25) is 0 Å². The van der Waals surface area contributed by atoms with Crippen molar-refractivity contribution in [3.63, 3.8) is 0 Å². The second-order valence-electron chi connectivity index (χ2n) is 4.12. The summed E-state index contributed by atoms with van der Waals surface area (Å²) in [5, 5.41) is 0. The third-order valence-electron chi connectivity index (χ3n) is 2.57. The molecular weight excluding hydrogens is 258 g/mol. The molecule has 0 saturated carbocycles. The van der Waals surface area contributed by atoms with Gasteiger partial charge in [0, 0.05) is 0 Å². The van der Waals surface area contributed by atoms with Gasteiger partial charge in [0.2, 0.25) is 0 Å². The molecule has 0 aromatic heterocycles. The molecule has 0 fully saturated rings. The Morgan fingerprint density at radius 2 is 1.29 bits per heavy atom. The van der Waals surface area contributed by atoms with E-state index in [0.29, 0.717) is 0 Å². The molecular formula is C16H22Zn. The molecule has 0 spiro atoms. The van der Waals surface area contributed by atoms with E-state index in [1.54, 1.807) is 0 Å². The molecule has 1 heteroatoms. The zero-order valence-corrected chi connectivity index (χ0v) is 14.2. The average Bonchev–Trinajstić information content (AvgIpc) is 2.92. The Morgan fingerprint density at radius 3 is 1.53 bits per heavy atom. The molecule has 0 N–H and O–H groups in total. The van der Waals surface area contributed by atoms with Crippen molar-refractivity contribution in [2.75, 3.05) is 0 Å². The van der Waals surface area contributed by atoms with E-state index in [4.69, 9.17) is 0 Å². The van der Waals surface area contributed by atoms with Crippen molar-refractivity contribution >= 4 is 0 Å². The average molecular weight is 280 g/mol. The van der Waals surface area contributed by atoms with Crippen LogP contribution in [0, 0.1) is 12.2 Å². The van der Waals surface area contributed by atoms with Crippen molar-refractivity contribution in [1.29, 1.82) is 0 Å². The van der Waals surface area contributed by atoms with Crippen LogP contribution in [-0.2, 0) is 19.5 Å². The minimum Gasteiger partial charge on any atom is -0.269 e. The summed E-state index contributed by atoms with van der Waals surface area (Å²) < 4.78 is 0. The van der Waals surface area contributed by atoms with E-state index in [1.165, 1.54) is 36.8 Å². The third kappa shape index (κ3) is 7.50. The predicted octanol–water partition coefficient (Wildman–Crippen LogP) is 4.95. The van der Waals surface area contributed by atoms with Gasteiger partial charge in [0.05, 0.1) is 0 Å². The molecule has 0 heterocycles. The number of hydrogen-bond donors (Lipinski definition) is 0. The molecule has 2 rings (SSSR count). The summed E-state index contributed by atoms with van der Waals surface area (Å²) in [6.07, 6.45) is 22.2. The summed E-state index contributed by atoms with van der Waals surface area (Å²) in [6, 6.07) is 0. The predicted molar refractivity (Wildman–Crippen MR) is 70.8 cm³/mol. The Bertz CT molecular complexity index is 273. The van der Waals surface area contributed by atoms with Gasteiger partial charge in [0.25, 0.3) is 0 Å². The molecule has 0 atom stereocenters. The monoisotopic (exact) mass is 278 g/mol. The first-order chi connectivity index (χ1) is 7.86. The van der Waals surface area contributed by atoms with E-state index >= 15 is 0 Å². The van der Waals surface area contributed by atoms with Crippen LogP contribution in [0.25, 0.3) is 0 Å². The van der Waals surface area contributed by atoms with Gasteiger partial charge in [-0.1, -0.05) is 39.5 Å². The maximum Gasteiger partial charge on any atom is 2.00 e. The van der Waals surface area contributed by atoms with Gasteiger partial charge < -0.3 is 0 Å². The molecule has 17 heavy (non-hydrogen) atoms. The van der Waals surface area contributed by atoms with E-state index in [1.807, 2.05) is 0 Å². The molecule has 0 unspecified atom stereocenters. The number of rotatable bonds is 4. The Morgan fingerprint density at radius 1 is 0.882 bits per heavy atom. The van der Waals surface area contributed by atoms with Crippen molar-refractivity contribution in [1.82, 2.24) is 0 Å². The maximum atomic E-state index is 3.26. The zero-order valence-electron chi connectivity index (χ0n) is 11.3. The molecule has 0 amide bonds. The zero-order chi connectivity index (χ0) is 11.6. The van der Waals surface area contributed by atoms with Gasteiger partial charge in [0.1, 0.15) is 0 Å². The Labute approximate surface area is 119 Å². The first kappa shape index (κ1) is 16.6. The fourth-order valence-electron chi connectivity index (χ4n) is 1.78. The van der Waals surface area contributed by atoms with Gasteiger partial charge in [-0.3, -0.25) is 12.2 Å². The first-order valence-corrected chi connectivity index (χ1v) is 6.39. The Kier molecular flexibility index (Phi) is 10.5. The standard InChI is InChI=1S/2C8H11.Zn/c2*1-2-5-8-6-3-4-7-8;/h2*3,6H,2,4-5H2,1H3;/q2*-1;+2. The molecule has 2 aliphatic carbocycles. The maximum absolute atomic E-state index is 3.26. The van der Waals surface area contributed by atoms with E-state index in [2.05, 4.69) is 50.3 Å². The van der Waals surface area contributed by atoms with E-state index < -0.39 is 0 Å². The molecule has 0 aromatic rings. The summed E-state index contributed by atoms with van der Waals surface area (Å²) in [5.74, 6) is 0. The number of hydrogen-bond acceptors (Lipinski definition) is 0. The summed E-state index contributed by atoms with van der Waals surface area (Å²) in [4.78, 5) is 0. The van der Waals surface area contributed by atoms with Gasteiger partial charge in [-0.05, 0) is 0 Å². The molecule has 0 nitrogen and oxygen atoms in total. The van der Waals surface area contributed by atoms with Crippen LogP contribution in [0.5, 0.6) is 0 Å². The van der Waals surface area contributed by atoms with Gasteiger partial charge in [-0.2, -0.15) is 12.2 Å². The minimum absolute atomic E-state index is 0. The Balaban J connectivity index is 0.000000284. The first-order valence-electron chi connectivity index (χ1n) is 6.39. The summed E-state index contributed by atoms with van der Waals surface area (Å²) >= 11 is 0. The van der Waals surface area contributed by atoms with Crippen molar-refractivity contribution in [2.45, 2.75) is 52.4 Å². The van der Waals surface area contributed by atoms with Crippen LogP contribution in [0.1, 0.15) is 52.4 Å². The molecule has 0 radical (unpaired) electrons.